The average molecular weight is 266 g/mol. The maximum Gasteiger partial charge on any atom is 0.145 e. The van der Waals surface area contributed by atoms with E-state index in [0.717, 1.165) is 26.8 Å². The molecule has 3 heteroatoms. The Balaban J connectivity index is 2.73. The Morgan fingerprint density at radius 2 is 2.20 bits per heavy atom. The number of nitrogens with zero attached hydrogens (tertiary/aromatic N) is 1. The van der Waals surface area contributed by atoms with Gasteiger partial charge in [0.05, 0.1) is 6.61 Å². The number of aryl methyl sites for hydroxylation is 1. The lowest BCUT2D eigenvalue weighted by atomic mass is 10.2. The van der Waals surface area contributed by atoms with E-state index in [2.05, 4.69) is 20.9 Å². The van der Waals surface area contributed by atoms with E-state index < -0.39 is 0 Å². The average Bonchev–Trinajstić information content (AvgIpc) is 2.19. The minimum absolute atomic E-state index is 0.659. The predicted molar refractivity (Wildman–Crippen MR) is 65.3 cm³/mol. The van der Waals surface area contributed by atoms with Gasteiger partial charge in [-0.05, 0) is 26.0 Å². The zero-order valence-electron chi connectivity index (χ0n) is 8.75. The monoisotopic (exact) mass is 265 g/mol. The fraction of sp³-hybridized carbons (Fsp3) is 0.250. The van der Waals surface area contributed by atoms with Gasteiger partial charge in [-0.2, -0.15) is 0 Å². The fourth-order valence-electron chi connectivity index (χ4n) is 1.57. The van der Waals surface area contributed by atoms with Crippen LogP contribution >= 0.6 is 15.9 Å². The van der Waals surface area contributed by atoms with E-state index in [-0.39, 0.29) is 0 Å². The van der Waals surface area contributed by atoms with Gasteiger partial charge in [0.1, 0.15) is 11.3 Å². The lowest BCUT2D eigenvalue weighted by molar-refractivity contribution is 0.343. The number of fused-ring (bicyclic) bond motifs is 1. The topological polar surface area (TPSA) is 22.1 Å². The second-order valence-electron chi connectivity index (χ2n) is 3.33. The minimum atomic E-state index is 0.659. The molecule has 0 aliphatic carbocycles. The van der Waals surface area contributed by atoms with Gasteiger partial charge >= 0.3 is 0 Å². The molecule has 0 aliphatic heterocycles. The fourth-order valence-corrected chi connectivity index (χ4v) is 2.22. The second-order valence-corrected chi connectivity index (χ2v) is 4.19. The first-order valence-corrected chi connectivity index (χ1v) is 5.70. The molecule has 0 radical (unpaired) electrons. The third-order valence-corrected chi connectivity index (χ3v) is 2.84. The van der Waals surface area contributed by atoms with Crippen LogP contribution in [0.2, 0.25) is 0 Å². The van der Waals surface area contributed by atoms with Gasteiger partial charge in [0.25, 0.3) is 0 Å². The summed E-state index contributed by atoms with van der Waals surface area (Å²) in [7, 11) is 0. The van der Waals surface area contributed by atoms with E-state index in [0.29, 0.717) is 6.61 Å². The van der Waals surface area contributed by atoms with Gasteiger partial charge < -0.3 is 4.74 Å². The van der Waals surface area contributed by atoms with Crippen LogP contribution in [0.4, 0.5) is 0 Å². The molecular formula is C12H12BrNO. The summed E-state index contributed by atoms with van der Waals surface area (Å²) in [6.07, 6.45) is 0. The van der Waals surface area contributed by atoms with E-state index in [1.54, 1.807) is 0 Å². The molecule has 2 nitrogen and oxygen atoms in total. The van der Waals surface area contributed by atoms with Crippen molar-refractivity contribution in [3.05, 3.63) is 34.4 Å². The zero-order valence-corrected chi connectivity index (χ0v) is 10.3. The summed E-state index contributed by atoms with van der Waals surface area (Å²) in [5, 5.41) is 1.09. The SMILES string of the molecule is CCOc1cccc2c(Br)cc(C)nc12. The molecule has 0 N–H and O–H groups in total. The van der Waals surface area contributed by atoms with Crippen molar-refractivity contribution in [3.8, 4) is 5.75 Å². The molecule has 0 saturated carbocycles. The summed E-state index contributed by atoms with van der Waals surface area (Å²) < 4.78 is 6.61. The summed E-state index contributed by atoms with van der Waals surface area (Å²) in [6.45, 7) is 4.61. The number of benzene rings is 1. The molecule has 0 fully saturated rings. The second kappa shape index (κ2) is 4.19. The molecule has 0 aliphatic rings. The van der Waals surface area contributed by atoms with Crippen molar-refractivity contribution in [2.75, 3.05) is 6.61 Å². The molecule has 2 aromatic rings. The Labute approximate surface area is 97.4 Å². The normalized spacial score (nSPS) is 10.6. The van der Waals surface area contributed by atoms with Gasteiger partial charge in [-0.25, -0.2) is 4.98 Å². The van der Waals surface area contributed by atoms with E-state index >= 15 is 0 Å². The number of pyridine rings is 1. The Kier molecular flexibility index (Phi) is 2.91. The van der Waals surface area contributed by atoms with Crippen molar-refractivity contribution in [1.82, 2.24) is 4.98 Å². The molecule has 15 heavy (non-hydrogen) atoms. The number of halogens is 1. The minimum Gasteiger partial charge on any atom is -0.492 e. The van der Waals surface area contributed by atoms with Crippen molar-refractivity contribution in [1.29, 1.82) is 0 Å². The molecule has 78 valence electrons. The summed E-state index contributed by atoms with van der Waals surface area (Å²) >= 11 is 3.54. The van der Waals surface area contributed by atoms with E-state index in [4.69, 9.17) is 4.74 Å². The number of ether oxygens (including phenoxy) is 1. The number of rotatable bonds is 2. The van der Waals surface area contributed by atoms with Crippen LogP contribution in [0, 0.1) is 6.92 Å². The molecule has 1 heterocycles. The molecule has 0 amide bonds. The Morgan fingerprint density at radius 1 is 1.40 bits per heavy atom. The van der Waals surface area contributed by atoms with E-state index in [9.17, 15) is 0 Å². The van der Waals surface area contributed by atoms with Crippen molar-refractivity contribution in [3.63, 3.8) is 0 Å². The number of para-hydroxylation sites is 1. The lowest BCUT2D eigenvalue weighted by Crippen LogP contribution is -1.94. The number of aromatic nitrogens is 1. The third-order valence-electron chi connectivity index (χ3n) is 2.18. The summed E-state index contributed by atoms with van der Waals surface area (Å²) in [6, 6.07) is 7.98. The molecule has 1 aromatic heterocycles. The van der Waals surface area contributed by atoms with E-state index in [1.807, 2.05) is 38.1 Å². The van der Waals surface area contributed by atoms with Crippen molar-refractivity contribution < 1.29 is 4.74 Å². The van der Waals surface area contributed by atoms with Gasteiger partial charge in [-0.15, -0.1) is 0 Å². The van der Waals surface area contributed by atoms with E-state index in [1.165, 1.54) is 0 Å². The molecule has 0 saturated heterocycles. The standard InChI is InChI=1S/C12H12BrNO/c1-3-15-11-6-4-5-9-10(13)7-8(2)14-12(9)11/h4-7H,3H2,1-2H3. The van der Waals surface area contributed by atoms with Crippen LogP contribution in [-0.4, -0.2) is 11.6 Å². The Morgan fingerprint density at radius 3 is 2.93 bits per heavy atom. The predicted octanol–water partition coefficient (Wildman–Crippen LogP) is 3.70. The third kappa shape index (κ3) is 1.97. The summed E-state index contributed by atoms with van der Waals surface area (Å²) in [4.78, 5) is 4.50. The molecular weight excluding hydrogens is 254 g/mol. The van der Waals surface area contributed by atoms with Crippen molar-refractivity contribution in [2.45, 2.75) is 13.8 Å². The van der Waals surface area contributed by atoms with Gasteiger partial charge in [-0.3, -0.25) is 0 Å². The van der Waals surface area contributed by atoms with Crippen molar-refractivity contribution >= 4 is 26.8 Å². The van der Waals surface area contributed by atoms with Crippen molar-refractivity contribution in [2.24, 2.45) is 0 Å². The first-order valence-electron chi connectivity index (χ1n) is 4.91. The maximum atomic E-state index is 5.55. The van der Waals surface area contributed by atoms with Gasteiger partial charge in [0.15, 0.2) is 0 Å². The van der Waals surface area contributed by atoms with Crippen LogP contribution in [-0.2, 0) is 0 Å². The molecule has 0 bridgehead atoms. The molecule has 0 spiro atoms. The highest BCUT2D eigenvalue weighted by molar-refractivity contribution is 9.10. The van der Waals surface area contributed by atoms with Gasteiger partial charge in [0, 0.05) is 15.6 Å². The van der Waals surface area contributed by atoms with Crippen LogP contribution in [0.1, 0.15) is 12.6 Å². The van der Waals surface area contributed by atoms with Gasteiger partial charge in [-0.1, -0.05) is 28.1 Å². The largest absolute Gasteiger partial charge is 0.492 e. The Hall–Kier alpha value is -1.09. The number of hydrogen-bond acceptors (Lipinski definition) is 2. The Bertz CT molecular complexity index is 496. The van der Waals surface area contributed by atoms with Gasteiger partial charge in [0.2, 0.25) is 0 Å². The lowest BCUT2D eigenvalue weighted by Gasteiger charge is -2.08. The summed E-state index contributed by atoms with van der Waals surface area (Å²) in [5.74, 6) is 0.847. The molecule has 1 aromatic carbocycles. The highest BCUT2D eigenvalue weighted by atomic mass is 79.9. The van der Waals surface area contributed by atoms with Crippen LogP contribution < -0.4 is 4.74 Å². The van der Waals surface area contributed by atoms with Crippen LogP contribution in [0.5, 0.6) is 5.75 Å². The van der Waals surface area contributed by atoms with Crippen LogP contribution in [0.15, 0.2) is 28.7 Å². The summed E-state index contributed by atoms with van der Waals surface area (Å²) in [5.41, 5.74) is 1.91. The molecule has 0 unspecified atom stereocenters. The molecule has 2 rings (SSSR count). The molecule has 0 atom stereocenters. The van der Waals surface area contributed by atoms with Crippen LogP contribution in [0.3, 0.4) is 0 Å². The quantitative estimate of drug-likeness (QED) is 0.826. The first-order chi connectivity index (χ1) is 7.22. The smallest absolute Gasteiger partial charge is 0.145 e. The zero-order chi connectivity index (χ0) is 10.8. The maximum absolute atomic E-state index is 5.55. The highest BCUT2D eigenvalue weighted by Crippen LogP contribution is 2.29. The number of hydrogen-bond donors (Lipinski definition) is 0. The highest BCUT2D eigenvalue weighted by Gasteiger charge is 2.06. The van der Waals surface area contributed by atoms with Crippen LogP contribution in [0.25, 0.3) is 10.9 Å². The first kappa shape index (κ1) is 10.4.